The second-order valence-electron chi connectivity index (χ2n) is 8.48. The molecule has 0 radical (unpaired) electrons. The molecule has 0 amide bonds. The largest absolute Gasteiger partial charge is 0.354 e. The summed E-state index contributed by atoms with van der Waals surface area (Å²) in [5.74, 6) is 0.107. The molecule has 0 aliphatic carbocycles. The molecule has 1 N–H and O–H groups in total. The number of thiazole rings is 1. The summed E-state index contributed by atoms with van der Waals surface area (Å²) in [5.41, 5.74) is 4.94. The first-order valence-electron chi connectivity index (χ1n) is 11.4. The van der Waals surface area contributed by atoms with Gasteiger partial charge in [-0.2, -0.15) is 0 Å². The number of fused-ring (bicyclic) bond motifs is 1. The van der Waals surface area contributed by atoms with Crippen LogP contribution in [0, 0.1) is 19.7 Å². The minimum absolute atomic E-state index is 0.0229. The maximum atomic E-state index is 13.5. The van der Waals surface area contributed by atoms with Crippen LogP contribution in [-0.2, 0) is 9.84 Å². The monoisotopic (exact) mass is 521 g/mol. The Morgan fingerprint density at radius 3 is 2.61 bits per heavy atom. The van der Waals surface area contributed by atoms with E-state index in [1.807, 2.05) is 35.9 Å². The van der Waals surface area contributed by atoms with Crippen molar-refractivity contribution in [3.05, 3.63) is 83.2 Å². The Kier molecular flexibility index (Phi) is 6.55. The molecule has 0 saturated carbocycles. The summed E-state index contributed by atoms with van der Waals surface area (Å²) in [4.78, 5) is 14.8. The van der Waals surface area contributed by atoms with Crippen molar-refractivity contribution in [3.8, 4) is 22.6 Å². The predicted molar refractivity (Wildman–Crippen MR) is 141 cm³/mol. The number of benzene rings is 2. The zero-order valence-electron chi connectivity index (χ0n) is 19.8. The lowest BCUT2D eigenvalue weighted by molar-refractivity contribution is 0.594. The summed E-state index contributed by atoms with van der Waals surface area (Å²) < 4.78 is 40.9. The van der Waals surface area contributed by atoms with Crippen LogP contribution in [0.3, 0.4) is 0 Å². The fourth-order valence-electron chi connectivity index (χ4n) is 3.90. The molecule has 184 valence electrons. The maximum Gasteiger partial charge on any atom is 0.223 e. The van der Waals surface area contributed by atoms with E-state index in [0.29, 0.717) is 35.2 Å². The summed E-state index contributed by atoms with van der Waals surface area (Å²) in [7, 11) is -3.37. The highest BCUT2D eigenvalue weighted by atomic mass is 32.2. The second kappa shape index (κ2) is 9.79. The molecular formula is C26H24FN5O2S2. The molecule has 0 aliphatic heterocycles. The van der Waals surface area contributed by atoms with E-state index in [1.165, 1.54) is 23.5 Å². The van der Waals surface area contributed by atoms with Gasteiger partial charge in [0.1, 0.15) is 11.5 Å². The van der Waals surface area contributed by atoms with Gasteiger partial charge in [-0.3, -0.25) is 4.40 Å². The second-order valence-corrected chi connectivity index (χ2v) is 11.5. The van der Waals surface area contributed by atoms with Gasteiger partial charge >= 0.3 is 0 Å². The fourth-order valence-corrected chi connectivity index (χ4v) is 6.01. The third kappa shape index (κ3) is 4.87. The lowest BCUT2D eigenvalue weighted by Gasteiger charge is -2.09. The van der Waals surface area contributed by atoms with Crippen molar-refractivity contribution >= 4 is 32.1 Å². The van der Waals surface area contributed by atoms with Crippen LogP contribution in [0.25, 0.3) is 27.6 Å². The Morgan fingerprint density at radius 1 is 1.03 bits per heavy atom. The van der Waals surface area contributed by atoms with Crippen LogP contribution in [0.15, 0.2) is 71.2 Å². The van der Waals surface area contributed by atoms with E-state index in [9.17, 15) is 12.8 Å². The van der Waals surface area contributed by atoms with Gasteiger partial charge in [-0.25, -0.2) is 27.8 Å². The smallest absolute Gasteiger partial charge is 0.223 e. The molecule has 7 nitrogen and oxygen atoms in total. The first kappa shape index (κ1) is 24.1. The molecule has 5 rings (SSSR count). The molecule has 0 spiro atoms. The number of hydrogen-bond acceptors (Lipinski definition) is 7. The number of aryl methyl sites for hydroxylation is 2. The summed E-state index contributed by atoms with van der Waals surface area (Å²) in [6.45, 7) is 4.27. The van der Waals surface area contributed by atoms with E-state index in [4.69, 9.17) is 4.98 Å². The van der Waals surface area contributed by atoms with E-state index in [-0.39, 0.29) is 11.6 Å². The van der Waals surface area contributed by atoms with E-state index in [2.05, 4.69) is 15.3 Å². The molecule has 0 saturated heterocycles. The van der Waals surface area contributed by atoms with Gasteiger partial charge in [0.25, 0.3) is 0 Å². The fraction of sp³-hybridized carbons (Fsp3) is 0.192. The Labute approximate surface area is 212 Å². The van der Waals surface area contributed by atoms with Gasteiger partial charge < -0.3 is 5.32 Å². The quantitative estimate of drug-likeness (QED) is 0.269. The molecule has 3 aromatic heterocycles. The van der Waals surface area contributed by atoms with Gasteiger partial charge in [-0.15, -0.1) is 11.3 Å². The lowest BCUT2D eigenvalue weighted by atomic mass is 10.1. The van der Waals surface area contributed by atoms with E-state index >= 15 is 0 Å². The number of hydrogen-bond donors (Lipinski definition) is 1. The van der Waals surface area contributed by atoms with Crippen molar-refractivity contribution in [2.45, 2.75) is 25.2 Å². The van der Waals surface area contributed by atoms with Gasteiger partial charge in [0, 0.05) is 29.9 Å². The first-order chi connectivity index (χ1) is 17.3. The number of anilines is 1. The summed E-state index contributed by atoms with van der Waals surface area (Å²) in [5, 5.41) is 5.08. The minimum Gasteiger partial charge on any atom is -0.354 e. The molecule has 2 aromatic carbocycles. The van der Waals surface area contributed by atoms with Gasteiger partial charge in [-0.05, 0) is 73.9 Å². The van der Waals surface area contributed by atoms with Gasteiger partial charge in [0.15, 0.2) is 14.8 Å². The Bertz CT molecular complexity index is 1640. The van der Waals surface area contributed by atoms with Crippen molar-refractivity contribution in [2.24, 2.45) is 0 Å². The third-order valence-corrected chi connectivity index (χ3v) is 8.54. The Balaban J connectivity index is 1.33. The number of nitrogens with one attached hydrogen (secondary N) is 1. The number of halogens is 1. The van der Waals surface area contributed by atoms with Gasteiger partial charge in [-0.1, -0.05) is 6.07 Å². The van der Waals surface area contributed by atoms with E-state index < -0.39 is 9.84 Å². The average Bonchev–Trinajstić information content (AvgIpc) is 3.46. The van der Waals surface area contributed by atoms with Crippen molar-refractivity contribution in [1.82, 2.24) is 19.4 Å². The number of rotatable bonds is 8. The predicted octanol–water partition coefficient (Wildman–Crippen LogP) is 5.55. The number of aromatic nitrogens is 4. The van der Waals surface area contributed by atoms with Crippen LogP contribution >= 0.6 is 11.3 Å². The molecule has 0 unspecified atom stereocenters. The average molecular weight is 522 g/mol. The molecular weight excluding hydrogens is 497 g/mol. The van der Waals surface area contributed by atoms with Crippen LogP contribution < -0.4 is 5.32 Å². The first-order valence-corrected chi connectivity index (χ1v) is 13.9. The van der Waals surface area contributed by atoms with Crippen LogP contribution in [0.5, 0.6) is 0 Å². The molecule has 3 heterocycles. The minimum atomic E-state index is -3.37. The molecule has 36 heavy (non-hydrogen) atoms. The highest BCUT2D eigenvalue weighted by molar-refractivity contribution is 7.91. The van der Waals surface area contributed by atoms with Gasteiger partial charge in [0.05, 0.1) is 22.0 Å². The summed E-state index contributed by atoms with van der Waals surface area (Å²) >= 11 is 1.50. The number of sulfone groups is 1. The Morgan fingerprint density at radius 2 is 1.83 bits per heavy atom. The van der Waals surface area contributed by atoms with Crippen molar-refractivity contribution < 1.29 is 12.8 Å². The molecule has 0 aliphatic rings. The molecule has 10 heteroatoms. The van der Waals surface area contributed by atoms with Gasteiger partial charge in [0.2, 0.25) is 5.95 Å². The topological polar surface area (TPSA) is 89.2 Å². The van der Waals surface area contributed by atoms with Crippen LogP contribution in [0.4, 0.5) is 10.3 Å². The van der Waals surface area contributed by atoms with E-state index in [0.717, 1.165) is 27.3 Å². The third-order valence-electron chi connectivity index (χ3n) is 5.99. The zero-order chi connectivity index (χ0) is 25.3. The molecule has 0 atom stereocenters. The maximum absolute atomic E-state index is 13.5. The van der Waals surface area contributed by atoms with E-state index in [1.54, 1.807) is 36.5 Å². The normalized spacial score (nSPS) is 11.8. The Hall–Kier alpha value is -3.63. The van der Waals surface area contributed by atoms with Crippen molar-refractivity contribution in [2.75, 3.05) is 17.6 Å². The standard InChI is InChI=1S/C26H24FN5O2S2/c1-17-4-9-21(16-18(17)2)36(33,34)15-3-11-28-25-29-12-10-22(30-25)24-23(19-5-7-20(27)8-6-19)31-26-32(24)13-14-35-26/h4-10,12-14,16H,3,11,15H2,1-2H3,(H,28,29,30). The molecule has 0 bridgehead atoms. The zero-order valence-corrected chi connectivity index (χ0v) is 21.4. The number of imidazole rings is 1. The molecule has 0 fully saturated rings. The summed E-state index contributed by atoms with van der Waals surface area (Å²) in [6, 6.07) is 13.2. The van der Waals surface area contributed by atoms with Crippen molar-refractivity contribution in [1.29, 1.82) is 0 Å². The summed E-state index contributed by atoms with van der Waals surface area (Å²) in [6.07, 6.45) is 3.98. The van der Waals surface area contributed by atoms with Crippen LogP contribution in [0.2, 0.25) is 0 Å². The highest BCUT2D eigenvalue weighted by Gasteiger charge is 2.19. The molecule has 5 aromatic rings. The van der Waals surface area contributed by atoms with Crippen LogP contribution in [-0.4, -0.2) is 40.1 Å². The highest BCUT2D eigenvalue weighted by Crippen LogP contribution is 2.33. The van der Waals surface area contributed by atoms with Crippen molar-refractivity contribution in [3.63, 3.8) is 0 Å². The number of nitrogens with zero attached hydrogens (tertiary/aromatic N) is 4. The lowest BCUT2D eigenvalue weighted by Crippen LogP contribution is -2.13. The SMILES string of the molecule is Cc1ccc(S(=O)(=O)CCCNc2nccc(-c3c(-c4ccc(F)cc4)nc4sccn34)n2)cc1C. The van der Waals surface area contributed by atoms with Crippen LogP contribution in [0.1, 0.15) is 17.5 Å².